The van der Waals surface area contributed by atoms with Crippen LogP contribution < -0.4 is 0 Å². The standard InChI is InChI=1S/3C11H20O2.Co/c3*1-10(2,3)8(12)7-9(13)11(4,5)6;/h3*7,12H,1-6H3;/b3*8-7+;. The fourth-order valence-corrected chi connectivity index (χ4v) is 1.67. The molecular formula is C33H60CoO6. The molecule has 0 aromatic carbocycles. The number of carbonyl (C=O) groups excluding carboxylic acids is 3. The zero-order valence-corrected chi connectivity index (χ0v) is 29.7. The van der Waals surface area contributed by atoms with E-state index in [-0.39, 0.29) is 67.7 Å². The largest absolute Gasteiger partial charge is 0.512 e. The number of ketones is 3. The van der Waals surface area contributed by atoms with Crippen molar-refractivity contribution in [2.75, 3.05) is 0 Å². The van der Waals surface area contributed by atoms with E-state index in [1.807, 2.05) is 125 Å². The summed E-state index contributed by atoms with van der Waals surface area (Å²) in [6, 6.07) is 0. The first-order valence-corrected chi connectivity index (χ1v) is 13.5. The summed E-state index contributed by atoms with van der Waals surface area (Å²) in [6.07, 6.45) is 4.00. The number of carbonyl (C=O) groups is 3. The summed E-state index contributed by atoms with van der Waals surface area (Å²) < 4.78 is 0. The summed E-state index contributed by atoms with van der Waals surface area (Å²) in [4.78, 5) is 34.5. The second-order valence-corrected chi connectivity index (χ2v) is 16.2. The third kappa shape index (κ3) is 21.0. The van der Waals surface area contributed by atoms with Gasteiger partial charge < -0.3 is 15.3 Å². The van der Waals surface area contributed by atoms with E-state index in [1.165, 1.54) is 18.2 Å². The number of hydrogen-bond donors (Lipinski definition) is 3. The van der Waals surface area contributed by atoms with E-state index in [2.05, 4.69) is 0 Å². The minimum absolute atomic E-state index is 0. The van der Waals surface area contributed by atoms with E-state index >= 15 is 0 Å². The van der Waals surface area contributed by atoms with E-state index in [0.717, 1.165) is 0 Å². The van der Waals surface area contributed by atoms with Gasteiger partial charge in [-0.25, -0.2) is 0 Å². The molecule has 0 bridgehead atoms. The molecule has 0 heterocycles. The number of rotatable bonds is 3. The predicted molar refractivity (Wildman–Crippen MR) is 164 cm³/mol. The van der Waals surface area contributed by atoms with Gasteiger partial charge in [0.1, 0.15) is 17.3 Å². The normalized spacial score (nSPS) is 14.1. The minimum Gasteiger partial charge on any atom is -0.512 e. The van der Waals surface area contributed by atoms with E-state index in [4.69, 9.17) is 0 Å². The van der Waals surface area contributed by atoms with Crippen molar-refractivity contribution in [1.82, 2.24) is 0 Å². The summed E-state index contributed by atoms with van der Waals surface area (Å²) >= 11 is 0. The van der Waals surface area contributed by atoms with Crippen LogP contribution in [0.4, 0.5) is 0 Å². The average Bonchev–Trinajstić information content (AvgIpc) is 2.64. The van der Waals surface area contributed by atoms with Crippen molar-refractivity contribution >= 4 is 17.3 Å². The maximum Gasteiger partial charge on any atom is 0.164 e. The molecule has 0 rings (SSSR count). The van der Waals surface area contributed by atoms with Crippen LogP contribution in [0.5, 0.6) is 0 Å². The van der Waals surface area contributed by atoms with Crippen LogP contribution in [0.15, 0.2) is 35.5 Å². The molecule has 7 heteroatoms. The molecule has 0 unspecified atom stereocenters. The zero-order valence-electron chi connectivity index (χ0n) is 28.6. The van der Waals surface area contributed by atoms with Gasteiger partial charge in [-0.3, -0.25) is 14.4 Å². The second-order valence-electron chi connectivity index (χ2n) is 16.2. The Morgan fingerprint density at radius 2 is 0.475 bits per heavy atom. The Bertz CT molecular complexity index is 801. The maximum atomic E-state index is 11.5. The molecule has 1 radical (unpaired) electrons. The van der Waals surface area contributed by atoms with Gasteiger partial charge in [0.05, 0.1) is 0 Å². The van der Waals surface area contributed by atoms with E-state index in [0.29, 0.717) is 0 Å². The first-order valence-electron chi connectivity index (χ1n) is 13.5. The maximum absolute atomic E-state index is 11.5. The minimum atomic E-state index is -0.417. The summed E-state index contributed by atoms with van der Waals surface area (Å²) in [5.41, 5.74) is -2.29. The van der Waals surface area contributed by atoms with Crippen LogP contribution in [0.2, 0.25) is 0 Å². The topological polar surface area (TPSA) is 112 Å². The first-order chi connectivity index (χ1) is 16.6. The molecule has 40 heavy (non-hydrogen) atoms. The SMILES string of the molecule is CC(C)(C)C(=O)/C=C(/O)C(C)(C)C.CC(C)(C)C(=O)/C=C(/O)C(C)(C)C.CC(C)(C)C(=O)/C=C(/O)C(C)(C)C.[Co]. The van der Waals surface area contributed by atoms with Crippen molar-refractivity contribution in [2.45, 2.75) is 125 Å². The number of allylic oxidation sites excluding steroid dienone is 6. The molecule has 0 aromatic rings. The quantitative estimate of drug-likeness (QED) is 0.217. The second kappa shape index (κ2) is 16.0. The third-order valence-electron chi connectivity index (χ3n) is 5.33. The van der Waals surface area contributed by atoms with Gasteiger partial charge in [0.15, 0.2) is 17.3 Å². The van der Waals surface area contributed by atoms with Gasteiger partial charge in [-0.1, -0.05) is 125 Å². The van der Waals surface area contributed by atoms with Crippen LogP contribution in [0.3, 0.4) is 0 Å². The van der Waals surface area contributed by atoms with Crippen LogP contribution in [-0.2, 0) is 31.2 Å². The molecule has 0 spiro atoms. The summed E-state index contributed by atoms with van der Waals surface area (Å²) in [5, 5.41) is 28.7. The molecule has 0 saturated heterocycles. The van der Waals surface area contributed by atoms with Gasteiger partial charge in [-0.2, -0.15) is 0 Å². The van der Waals surface area contributed by atoms with Gasteiger partial charge in [0.2, 0.25) is 0 Å². The Morgan fingerprint density at radius 1 is 0.350 bits per heavy atom. The number of aliphatic hydroxyl groups excluding tert-OH is 3. The Kier molecular flexibility index (Phi) is 18.0. The molecule has 0 aliphatic rings. The molecule has 0 aliphatic heterocycles. The predicted octanol–water partition coefficient (Wildman–Crippen LogP) is 9.27. The van der Waals surface area contributed by atoms with Crippen molar-refractivity contribution in [3.8, 4) is 0 Å². The van der Waals surface area contributed by atoms with Crippen LogP contribution in [-0.4, -0.2) is 32.7 Å². The molecule has 6 nitrogen and oxygen atoms in total. The molecule has 3 N–H and O–H groups in total. The Balaban J connectivity index is -0.000000240. The van der Waals surface area contributed by atoms with Crippen LogP contribution >= 0.6 is 0 Å². The van der Waals surface area contributed by atoms with Crippen molar-refractivity contribution < 1.29 is 46.5 Å². The number of hydrogen-bond acceptors (Lipinski definition) is 6. The zero-order chi connectivity index (χ0) is 32.6. The van der Waals surface area contributed by atoms with Gasteiger partial charge in [-0.05, 0) is 0 Å². The Hall–Kier alpha value is -1.86. The van der Waals surface area contributed by atoms with E-state index in [1.54, 1.807) is 0 Å². The molecule has 0 atom stereocenters. The summed E-state index contributed by atoms with van der Waals surface area (Å²) in [7, 11) is 0. The molecule has 0 aromatic heterocycles. The Morgan fingerprint density at radius 3 is 0.550 bits per heavy atom. The molecular weight excluding hydrogens is 551 g/mol. The van der Waals surface area contributed by atoms with Crippen LogP contribution in [0.1, 0.15) is 125 Å². The van der Waals surface area contributed by atoms with Gasteiger partial charge >= 0.3 is 0 Å². The van der Waals surface area contributed by atoms with Crippen molar-refractivity contribution in [3.63, 3.8) is 0 Å². The Labute approximate surface area is 256 Å². The smallest absolute Gasteiger partial charge is 0.164 e. The van der Waals surface area contributed by atoms with Crippen molar-refractivity contribution in [1.29, 1.82) is 0 Å². The fourth-order valence-electron chi connectivity index (χ4n) is 1.67. The number of aliphatic hydroxyl groups is 3. The summed E-state index contributed by atoms with van der Waals surface area (Å²) in [5.74, 6) is 0.312. The third-order valence-corrected chi connectivity index (χ3v) is 5.33. The van der Waals surface area contributed by atoms with Crippen LogP contribution in [0, 0.1) is 32.5 Å². The van der Waals surface area contributed by atoms with Gasteiger partial charge in [0, 0.05) is 67.5 Å². The summed E-state index contributed by atoms with van der Waals surface area (Å²) in [6.45, 7) is 33.3. The molecule has 237 valence electrons. The average molecular weight is 612 g/mol. The van der Waals surface area contributed by atoms with E-state index in [9.17, 15) is 29.7 Å². The van der Waals surface area contributed by atoms with Crippen LogP contribution in [0.25, 0.3) is 0 Å². The molecule has 0 aliphatic carbocycles. The van der Waals surface area contributed by atoms with Gasteiger partial charge in [0.25, 0.3) is 0 Å². The fraction of sp³-hybridized carbons (Fsp3) is 0.727. The first kappa shape index (κ1) is 45.1. The van der Waals surface area contributed by atoms with Gasteiger partial charge in [-0.15, -0.1) is 0 Å². The van der Waals surface area contributed by atoms with E-state index < -0.39 is 16.2 Å². The molecule has 0 fully saturated rings. The van der Waals surface area contributed by atoms with Crippen molar-refractivity contribution in [3.05, 3.63) is 35.5 Å². The van der Waals surface area contributed by atoms with Crippen molar-refractivity contribution in [2.24, 2.45) is 32.5 Å². The molecule has 0 saturated carbocycles. The monoisotopic (exact) mass is 611 g/mol. The molecule has 0 amide bonds.